The molecule has 1 aromatic heterocycles. The molecule has 0 fully saturated rings. The Labute approximate surface area is 144 Å². The molecule has 0 unspecified atom stereocenters. The van der Waals surface area contributed by atoms with Crippen molar-refractivity contribution < 1.29 is 32.7 Å². The largest absolute Gasteiger partial charge is 0.611 e. The molecule has 0 aliphatic rings. The van der Waals surface area contributed by atoms with Gasteiger partial charge in [0.25, 0.3) is 0 Å². The molecular formula is C15H14N4Y-2. The third-order valence-corrected chi connectivity index (χ3v) is 2.27. The van der Waals surface area contributed by atoms with Crippen molar-refractivity contribution in [3.8, 4) is 0 Å². The predicted octanol–water partition coefficient (Wildman–Crippen LogP) is 3.10. The second-order valence-electron chi connectivity index (χ2n) is 3.70. The second kappa shape index (κ2) is 10.3. The molecule has 2 aromatic carbocycles. The number of aromatic nitrogens is 3. The van der Waals surface area contributed by atoms with Gasteiger partial charge in [-0.1, -0.05) is 42.4 Å². The normalized spacial score (nSPS) is 8.80. The van der Waals surface area contributed by atoms with Crippen LogP contribution < -0.4 is 0 Å². The van der Waals surface area contributed by atoms with Crippen LogP contribution in [0.5, 0.6) is 0 Å². The Morgan fingerprint density at radius 3 is 2.00 bits per heavy atom. The van der Waals surface area contributed by atoms with Crippen molar-refractivity contribution in [3.05, 3.63) is 90.4 Å². The molecular weight excluding hydrogens is 325 g/mol. The summed E-state index contributed by atoms with van der Waals surface area (Å²) in [5.41, 5.74) is 5.41. The molecule has 0 atom stereocenters. The Morgan fingerprint density at radius 2 is 1.50 bits per heavy atom. The minimum atomic E-state index is 0. The van der Waals surface area contributed by atoms with Gasteiger partial charge in [-0.25, -0.2) is 0 Å². The maximum absolute atomic E-state index is 4.23. The molecule has 0 aliphatic heterocycles. The summed E-state index contributed by atoms with van der Waals surface area (Å²) >= 11 is 0. The van der Waals surface area contributed by atoms with E-state index in [1.807, 2.05) is 60.7 Å². The zero-order valence-electron chi connectivity index (χ0n) is 11.0. The minimum absolute atomic E-state index is 0. The maximum Gasteiger partial charge on any atom is 0.105 e. The van der Waals surface area contributed by atoms with Crippen molar-refractivity contribution in [1.29, 1.82) is 0 Å². The van der Waals surface area contributed by atoms with Crippen molar-refractivity contribution in [2.24, 2.45) is 0 Å². The van der Waals surface area contributed by atoms with Gasteiger partial charge in [0.05, 0.1) is 0 Å². The van der Waals surface area contributed by atoms with Gasteiger partial charge in [-0.05, 0) is 0 Å². The van der Waals surface area contributed by atoms with Crippen LogP contribution in [-0.4, -0.2) is 14.9 Å². The van der Waals surface area contributed by atoms with Gasteiger partial charge in [-0.15, -0.1) is 10.2 Å². The molecule has 0 N–H and O–H groups in total. The van der Waals surface area contributed by atoms with Crippen LogP contribution in [0.1, 0.15) is 5.56 Å². The van der Waals surface area contributed by atoms with E-state index in [2.05, 4.69) is 21.7 Å². The number of rotatable bonds is 3. The molecule has 0 saturated carbocycles. The van der Waals surface area contributed by atoms with Crippen LogP contribution >= 0.6 is 0 Å². The van der Waals surface area contributed by atoms with Crippen molar-refractivity contribution in [1.82, 2.24) is 14.9 Å². The molecule has 1 radical (unpaired) electrons. The Morgan fingerprint density at radius 1 is 0.900 bits per heavy atom. The van der Waals surface area contributed by atoms with Crippen molar-refractivity contribution in [2.45, 2.75) is 6.54 Å². The van der Waals surface area contributed by atoms with Crippen LogP contribution in [-0.2, 0) is 39.3 Å². The summed E-state index contributed by atoms with van der Waals surface area (Å²) in [5, 5.41) is 7.31. The fourth-order valence-electron chi connectivity index (χ4n) is 1.36. The average molecular weight is 339 g/mol. The standard InChI is InChI=1S/C9H9N4.C6H5.Y/c1-2-4-9(5-3-1)6-12-13-7-10-11-8-13;1-2-4-6-5-3-1;/h1-5,7-8H,6H2;1-5H;/q2*-1;. The van der Waals surface area contributed by atoms with E-state index in [9.17, 15) is 0 Å². The van der Waals surface area contributed by atoms with Crippen LogP contribution in [0.15, 0.2) is 73.3 Å². The zero-order valence-corrected chi connectivity index (χ0v) is 13.8. The summed E-state index contributed by atoms with van der Waals surface area (Å²) < 4.78 is 1.60. The Hall–Kier alpha value is -1.52. The third kappa shape index (κ3) is 6.59. The SMILES string of the molecule is [Y].[c-]1ccccc1.c1ccc(C[N-]n2cnnc2)cc1. The summed E-state index contributed by atoms with van der Waals surface area (Å²) in [6.45, 7) is 0.652. The minimum Gasteiger partial charge on any atom is -0.611 e. The smallest absolute Gasteiger partial charge is 0.105 e. The molecule has 4 nitrogen and oxygen atoms in total. The van der Waals surface area contributed by atoms with Gasteiger partial charge in [0.2, 0.25) is 0 Å². The van der Waals surface area contributed by atoms with Gasteiger partial charge in [0.1, 0.15) is 12.7 Å². The van der Waals surface area contributed by atoms with E-state index in [1.165, 1.54) is 5.56 Å². The molecule has 20 heavy (non-hydrogen) atoms. The number of benzene rings is 2. The third-order valence-electron chi connectivity index (χ3n) is 2.27. The molecule has 3 aromatic rings. The van der Waals surface area contributed by atoms with Crippen molar-refractivity contribution in [3.63, 3.8) is 0 Å². The van der Waals surface area contributed by atoms with Crippen LogP contribution in [0.25, 0.3) is 5.43 Å². The van der Waals surface area contributed by atoms with E-state index in [4.69, 9.17) is 0 Å². The van der Waals surface area contributed by atoms with E-state index in [-0.39, 0.29) is 32.7 Å². The van der Waals surface area contributed by atoms with E-state index >= 15 is 0 Å². The Kier molecular flexibility index (Phi) is 8.51. The molecule has 0 bridgehead atoms. The molecule has 5 heteroatoms. The van der Waals surface area contributed by atoms with Gasteiger partial charge < -0.3 is 10.1 Å². The Balaban J connectivity index is 0.000000243. The van der Waals surface area contributed by atoms with E-state index < -0.39 is 0 Å². The maximum atomic E-state index is 4.23. The quantitative estimate of drug-likeness (QED) is 0.689. The molecule has 1 heterocycles. The predicted molar refractivity (Wildman–Crippen MR) is 74.2 cm³/mol. The fourth-order valence-corrected chi connectivity index (χ4v) is 1.36. The Bertz CT molecular complexity index is 514. The summed E-state index contributed by atoms with van der Waals surface area (Å²) in [4.78, 5) is 0. The van der Waals surface area contributed by atoms with Crippen LogP contribution in [0.2, 0.25) is 0 Å². The van der Waals surface area contributed by atoms with Crippen molar-refractivity contribution >= 4 is 0 Å². The number of hydrogen-bond donors (Lipinski definition) is 0. The summed E-state index contributed by atoms with van der Waals surface area (Å²) in [6.07, 6.45) is 3.14. The van der Waals surface area contributed by atoms with Gasteiger partial charge in [-0.2, -0.15) is 36.4 Å². The topological polar surface area (TPSA) is 44.8 Å². The summed E-state index contributed by atoms with van der Waals surface area (Å²) in [5.74, 6) is 0. The van der Waals surface area contributed by atoms with Crippen LogP contribution in [0, 0.1) is 6.07 Å². The number of nitrogens with zero attached hydrogens (tertiary/aromatic N) is 4. The van der Waals surface area contributed by atoms with Crippen LogP contribution in [0.3, 0.4) is 0 Å². The molecule has 3 rings (SSSR count). The summed E-state index contributed by atoms with van der Waals surface area (Å²) in [6, 6.07) is 22.6. The van der Waals surface area contributed by atoms with Crippen LogP contribution in [0.4, 0.5) is 0 Å². The van der Waals surface area contributed by atoms with Gasteiger partial charge in [0, 0.05) is 32.7 Å². The average Bonchev–Trinajstić information content (AvgIpc) is 3.02. The first-order chi connectivity index (χ1) is 9.45. The monoisotopic (exact) mass is 339 g/mol. The van der Waals surface area contributed by atoms with E-state index in [1.54, 1.807) is 17.3 Å². The second-order valence-corrected chi connectivity index (χ2v) is 3.70. The van der Waals surface area contributed by atoms with E-state index in [0.29, 0.717) is 6.54 Å². The first kappa shape index (κ1) is 16.5. The van der Waals surface area contributed by atoms with E-state index in [0.717, 1.165) is 0 Å². The summed E-state index contributed by atoms with van der Waals surface area (Å²) in [7, 11) is 0. The van der Waals surface area contributed by atoms with Crippen molar-refractivity contribution in [2.75, 3.05) is 0 Å². The van der Waals surface area contributed by atoms with Gasteiger partial charge >= 0.3 is 0 Å². The first-order valence-electron chi connectivity index (χ1n) is 5.92. The fraction of sp³-hybridized carbons (Fsp3) is 0.0667. The molecule has 0 spiro atoms. The zero-order chi connectivity index (χ0) is 13.2. The van der Waals surface area contributed by atoms with Gasteiger partial charge in [-0.3, -0.25) is 0 Å². The molecule has 0 amide bonds. The molecule has 0 aliphatic carbocycles. The molecule has 99 valence electrons. The van der Waals surface area contributed by atoms with Gasteiger partial charge in [0.15, 0.2) is 0 Å². The number of hydrogen-bond acceptors (Lipinski definition) is 2. The molecule has 0 saturated heterocycles. The first-order valence-corrected chi connectivity index (χ1v) is 5.92.